The molecule has 0 saturated carbocycles. The first-order chi connectivity index (χ1) is 12.2. The Bertz CT molecular complexity index is 662. The number of hydrogen-bond acceptors (Lipinski definition) is 3. The van der Waals surface area contributed by atoms with E-state index in [1.807, 2.05) is 0 Å². The van der Waals surface area contributed by atoms with Gasteiger partial charge in [-0.15, -0.1) is 0 Å². The molecule has 0 bridgehead atoms. The van der Waals surface area contributed by atoms with Crippen LogP contribution in [0.5, 0.6) is 0 Å². The molecule has 2 unspecified atom stereocenters. The fourth-order valence-corrected chi connectivity index (χ4v) is 4.17. The fraction of sp³-hybridized carbons (Fsp3) is 0.632. The molecule has 1 aromatic carbocycles. The molecule has 1 amide bonds. The lowest BCUT2D eigenvalue weighted by molar-refractivity contribution is -0.122. The van der Waals surface area contributed by atoms with Crippen LogP contribution in [0.2, 0.25) is 0 Å². The number of halogens is 1. The average Bonchev–Trinajstić information content (AvgIpc) is 2.59. The quantitative estimate of drug-likeness (QED) is 0.630. The van der Waals surface area contributed by atoms with E-state index in [4.69, 9.17) is 0 Å². The molecule has 0 aromatic heterocycles. The molecule has 26 heavy (non-hydrogen) atoms. The Morgan fingerprint density at radius 1 is 1.15 bits per heavy atom. The molecule has 0 radical (unpaired) electrons. The molecule has 1 aromatic rings. The molecule has 2 atom stereocenters. The molecule has 1 N–H and O–H groups in total. The lowest BCUT2D eigenvalue weighted by Gasteiger charge is -2.30. The highest BCUT2D eigenvalue weighted by atomic mass is 32.2. The van der Waals surface area contributed by atoms with Crippen molar-refractivity contribution in [1.29, 1.82) is 0 Å². The van der Waals surface area contributed by atoms with Crippen LogP contribution in [0, 0.1) is 11.7 Å². The van der Waals surface area contributed by atoms with Crippen LogP contribution in [0.3, 0.4) is 0 Å². The Hall–Kier alpha value is -1.63. The summed E-state index contributed by atoms with van der Waals surface area (Å²) in [6, 6.07) is 4.27. The van der Waals surface area contributed by atoms with E-state index in [9.17, 15) is 17.6 Å². The highest BCUT2D eigenvalue weighted by Crippen LogP contribution is 2.23. The summed E-state index contributed by atoms with van der Waals surface area (Å²) in [5.41, 5.74) is 0.286. The summed E-state index contributed by atoms with van der Waals surface area (Å²) in [4.78, 5) is 12.7. The van der Waals surface area contributed by atoms with Crippen molar-refractivity contribution in [3.05, 3.63) is 30.1 Å². The number of amides is 1. The Kier molecular flexibility index (Phi) is 9.05. The maximum atomic E-state index is 13.2. The zero-order chi connectivity index (χ0) is 19.7. The van der Waals surface area contributed by atoms with E-state index in [1.165, 1.54) is 24.3 Å². The van der Waals surface area contributed by atoms with Crippen LogP contribution < -0.4 is 9.62 Å². The number of anilines is 1. The van der Waals surface area contributed by atoms with Gasteiger partial charge >= 0.3 is 0 Å². The monoisotopic (exact) mass is 386 g/mol. The molecule has 0 heterocycles. The molecule has 7 heteroatoms. The summed E-state index contributed by atoms with van der Waals surface area (Å²) < 4.78 is 38.9. The van der Waals surface area contributed by atoms with Crippen LogP contribution in [0.25, 0.3) is 0 Å². The van der Waals surface area contributed by atoms with Crippen LogP contribution in [0.1, 0.15) is 52.9 Å². The van der Waals surface area contributed by atoms with Crippen LogP contribution >= 0.6 is 0 Å². The minimum Gasteiger partial charge on any atom is -0.354 e. The minimum atomic E-state index is -3.70. The van der Waals surface area contributed by atoms with Gasteiger partial charge in [0.25, 0.3) is 0 Å². The predicted molar refractivity (Wildman–Crippen MR) is 104 cm³/mol. The fourth-order valence-electron chi connectivity index (χ4n) is 2.95. The third-order valence-electron chi connectivity index (χ3n) is 4.52. The lowest BCUT2D eigenvalue weighted by Crippen LogP contribution is -2.50. The molecular weight excluding hydrogens is 355 g/mol. The van der Waals surface area contributed by atoms with E-state index in [0.717, 1.165) is 36.2 Å². The van der Waals surface area contributed by atoms with Crippen molar-refractivity contribution in [1.82, 2.24) is 5.32 Å². The summed E-state index contributed by atoms with van der Waals surface area (Å²) in [7, 11) is -3.70. The molecule has 0 saturated heterocycles. The van der Waals surface area contributed by atoms with Gasteiger partial charge in [-0.25, -0.2) is 12.8 Å². The normalized spacial score (nSPS) is 13.9. The van der Waals surface area contributed by atoms with Crippen molar-refractivity contribution in [2.24, 2.45) is 5.92 Å². The molecule has 0 fully saturated rings. The largest absolute Gasteiger partial charge is 0.354 e. The van der Waals surface area contributed by atoms with Gasteiger partial charge in [0, 0.05) is 6.54 Å². The maximum absolute atomic E-state index is 13.2. The van der Waals surface area contributed by atoms with Gasteiger partial charge in [0.1, 0.15) is 11.9 Å². The zero-order valence-corrected chi connectivity index (χ0v) is 17.0. The third-order valence-corrected chi connectivity index (χ3v) is 5.70. The van der Waals surface area contributed by atoms with Gasteiger partial charge in [-0.05, 0) is 43.0 Å². The van der Waals surface area contributed by atoms with Crippen molar-refractivity contribution in [3.8, 4) is 0 Å². The van der Waals surface area contributed by atoms with E-state index in [-0.39, 0.29) is 11.6 Å². The molecule has 5 nitrogen and oxygen atoms in total. The number of nitrogens with zero attached hydrogens (tertiary/aromatic N) is 1. The van der Waals surface area contributed by atoms with Gasteiger partial charge in [0.15, 0.2) is 0 Å². The number of carbonyl (C=O) groups excluding carboxylic acids is 1. The molecular formula is C19H31FN2O3S. The van der Waals surface area contributed by atoms with Crippen LogP contribution in [-0.4, -0.2) is 33.2 Å². The number of unbranched alkanes of at least 4 members (excludes halogenated alkanes) is 1. The van der Waals surface area contributed by atoms with Gasteiger partial charge in [0.05, 0.1) is 11.9 Å². The Morgan fingerprint density at radius 3 is 2.23 bits per heavy atom. The zero-order valence-electron chi connectivity index (χ0n) is 16.2. The van der Waals surface area contributed by atoms with E-state index in [1.54, 1.807) is 6.92 Å². The topological polar surface area (TPSA) is 66.5 Å². The van der Waals surface area contributed by atoms with Crippen LogP contribution in [0.4, 0.5) is 10.1 Å². The summed E-state index contributed by atoms with van der Waals surface area (Å²) in [5.74, 6) is -0.396. The Balaban J connectivity index is 2.96. The number of rotatable bonds is 11. The van der Waals surface area contributed by atoms with Gasteiger partial charge in [-0.2, -0.15) is 0 Å². The highest BCUT2D eigenvalue weighted by molar-refractivity contribution is 7.92. The maximum Gasteiger partial charge on any atom is 0.243 e. The van der Waals surface area contributed by atoms with Crippen LogP contribution in [-0.2, 0) is 14.8 Å². The van der Waals surface area contributed by atoms with E-state index >= 15 is 0 Å². The van der Waals surface area contributed by atoms with E-state index in [2.05, 4.69) is 19.2 Å². The summed E-state index contributed by atoms with van der Waals surface area (Å²) >= 11 is 0. The van der Waals surface area contributed by atoms with Crippen molar-refractivity contribution in [3.63, 3.8) is 0 Å². The first-order valence-corrected chi connectivity index (χ1v) is 11.1. The third kappa shape index (κ3) is 6.59. The van der Waals surface area contributed by atoms with Gasteiger partial charge in [-0.3, -0.25) is 9.10 Å². The second-order valence-electron chi connectivity index (χ2n) is 6.62. The SMILES string of the molecule is CCCCC(CC)CNC(=O)C(CC)N(c1ccc(F)cc1)S(C)(=O)=O. The molecule has 0 spiro atoms. The van der Waals surface area contributed by atoms with Gasteiger partial charge < -0.3 is 5.32 Å². The number of carbonyl (C=O) groups is 1. The average molecular weight is 387 g/mol. The summed E-state index contributed by atoms with van der Waals surface area (Å²) in [6.45, 7) is 6.52. The first kappa shape index (κ1) is 22.4. The lowest BCUT2D eigenvalue weighted by atomic mass is 9.99. The van der Waals surface area contributed by atoms with Crippen molar-refractivity contribution in [2.75, 3.05) is 17.1 Å². The number of nitrogens with one attached hydrogen (secondary N) is 1. The molecule has 0 aliphatic rings. The van der Waals surface area contributed by atoms with E-state index < -0.39 is 21.9 Å². The smallest absolute Gasteiger partial charge is 0.243 e. The Morgan fingerprint density at radius 2 is 1.77 bits per heavy atom. The summed E-state index contributed by atoms with van der Waals surface area (Å²) in [5, 5.41) is 2.91. The number of benzene rings is 1. The molecule has 0 aliphatic heterocycles. The van der Waals surface area contributed by atoms with Crippen molar-refractivity contribution in [2.45, 2.75) is 58.9 Å². The molecule has 0 aliphatic carbocycles. The van der Waals surface area contributed by atoms with E-state index in [0.29, 0.717) is 18.9 Å². The van der Waals surface area contributed by atoms with Crippen molar-refractivity contribution >= 4 is 21.6 Å². The standard InChI is InChI=1S/C19H31FN2O3S/c1-5-8-9-15(6-2)14-21-19(23)18(7-3)22(26(4,24)25)17-12-10-16(20)11-13-17/h10-13,15,18H,5-9,14H2,1-4H3,(H,21,23). The van der Waals surface area contributed by atoms with Crippen molar-refractivity contribution < 1.29 is 17.6 Å². The predicted octanol–water partition coefficient (Wildman–Crippen LogP) is 3.70. The van der Waals surface area contributed by atoms with Gasteiger partial charge in [-0.1, -0.05) is 40.0 Å². The van der Waals surface area contributed by atoms with Gasteiger partial charge in [0.2, 0.25) is 15.9 Å². The number of hydrogen-bond donors (Lipinski definition) is 1. The highest BCUT2D eigenvalue weighted by Gasteiger charge is 2.31. The first-order valence-electron chi connectivity index (χ1n) is 9.27. The second kappa shape index (κ2) is 10.5. The Labute approximate surface area is 157 Å². The minimum absolute atomic E-state index is 0.286. The van der Waals surface area contributed by atoms with Crippen LogP contribution in [0.15, 0.2) is 24.3 Å². The molecule has 1 rings (SSSR count). The summed E-state index contributed by atoms with van der Waals surface area (Å²) in [6.07, 6.45) is 5.60. The molecule has 148 valence electrons. The number of sulfonamides is 1. The second-order valence-corrected chi connectivity index (χ2v) is 8.48.